The predicted octanol–water partition coefficient (Wildman–Crippen LogP) is 3.98. The van der Waals surface area contributed by atoms with Crippen molar-refractivity contribution in [3.05, 3.63) is 75.4 Å². The van der Waals surface area contributed by atoms with Crippen molar-refractivity contribution in [3.8, 4) is 0 Å². The molecule has 0 radical (unpaired) electrons. The average molecular weight is 350 g/mol. The van der Waals surface area contributed by atoms with Crippen LogP contribution < -0.4 is 0 Å². The van der Waals surface area contributed by atoms with E-state index in [1.807, 2.05) is 68.4 Å². The first-order valence-corrected chi connectivity index (χ1v) is 8.35. The van der Waals surface area contributed by atoms with Crippen molar-refractivity contribution >= 4 is 34.6 Å². The molecule has 0 bridgehead atoms. The number of nitrogens with zero attached hydrogens (tertiary/aromatic N) is 3. The first-order chi connectivity index (χ1) is 12.0. The Kier molecular flexibility index (Phi) is 3.58. The molecule has 0 unspecified atom stereocenters. The van der Waals surface area contributed by atoms with E-state index in [9.17, 15) is 4.79 Å². The molecule has 0 saturated heterocycles. The van der Waals surface area contributed by atoms with Crippen molar-refractivity contribution in [2.24, 2.45) is 9.98 Å². The van der Waals surface area contributed by atoms with E-state index >= 15 is 0 Å². The lowest BCUT2D eigenvalue weighted by Crippen LogP contribution is -2.20. The van der Waals surface area contributed by atoms with Crippen molar-refractivity contribution < 1.29 is 4.79 Å². The molecule has 0 amide bonds. The highest BCUT2D eigenvalue weighted by molar-refractivity contribution is 6.45. The Balaban J connectivity index is 2.06. The van der Waals surface area contributed by atoms with Crippen LogP contribution in [0.25, 0.3) is 5.57 Å². The minimum atomic E-state index is -0.0687. The zero-order chi connectivity index (χ0) is 17.7. The lowest BCUT2D eigenvalue weighted by atomic mass is 9.83. The summed E-state index contributed by atoms with van der Waals surface area (Å²) in [4.78, 5) is 24.4. The summed E-state index contributed by atoms with van der Waals surface area (Å²) in [5.74, 6) is 0.511. The number of ketones is 1. The molecule has 1 aliphatic heterocycles. The van der Waals surface area contributed by atoms with E-state index in [0.29, 0.717) is 33.4 Å². The second-order valence-electron chi connectivity index (χ2n) is 6.30. The van der Waals surface area contributed by atoms with Crippen LogP contribution in [0.1, 0.15) is 27.0 Å². The van der Waals surface area contributed by atoms with E-state index < -0.39 is 0 Å². The van der Waals surface area contributed by atoms with Gasteiger partial charge in [-0.15, -0.1) is 0 Å². The van der Waals surface area contributed by atoms with Crippen LogP contribution in [0.4, 0.5) is 0 Å². The van der Waals surface area contributed by atoms with Crippen LogP contribution in [0.2, 0.25) is 5.02 Å². The van der Waals surface area contributed by atoms with Crippen molar-refractivity contribution in [1.82, 2.24) is 4.90 Å². The molecule has 5 heteroatoms. The third kappa shape index (κ3) is 2.33. The summed E-state index contributed by atoms with van der Waals surface area (Å²) in [5.41, 5.74) is 4.91. The number of fused-ring (bicyclic) bond motifs is 3. The molecule has 0 spiro atoms. The molecule has 0 N–H and O–H groups in total. The maximum atomic E-state index is 13.2. The first kappa shape index (κ1) is 15.8. The number of carbonyl (C=O) groups excluding carboxylic acids is 1. The summed E-state index contributed by atoms with van der Waals surface area (Å²) in [6, 6.07) is 13.2. The molecule has 0 atom stereocenters. The normalized spacial score (nSPS) is 15.6. The minimum absolute atomic E-state index is 0.0687. The molecule has 2 aromatic carbocycles. The Hall–Kier alpha value is -2.72. The fourth-order valence-electron chi connectivity index (χ4n) is 3.11. The predicted molar refractivity (Wildman–Crippen MR) is 102 cm³/mol. The summed E-state index contributed by atoms with van der Waals surface area (Å²) in [6.45, 7) is 1.93. The Morgan fingerprint density at radius 2 is 1.60 bits per heavy atom. The van der Waals surface area contributed by atoms with Crippen molar-refractivity contribution in [2.45, 2.75) is 6.92 Å². The number of carbonyl (C=O) groups is 1. The Bertz CT molecular complexity index is 1020. The molecular formula is C20H16ClN3O. The number of aliphatic imine (C=N–C) groups is 2. The van der Waals surface area contributed by atoms with Crippen molar-refractivity contribution in [3.63, 3.8) is 0 Å². The number of Topliss-reactive ketones (excluding diaryl/α,β-unsaturated/α-hetero) is 1. The summed E-state index contributed by atoms with van der Waals surface area (Å²) in [7, 11) is 3.77. The van der Waals surface area contributed by atoms with Gasteiger partial charge < -0.3 is 4.90 Å². The number of allylic oxidation sites excluding steroid dienone is 2. The lowest BCUT2D eigenvalue weighted by molar-refractivity contribution is 0.105. The second kappa shape index (κ2) is 5.67. The smallest absolute Gasteiger partial charge is 0.226 e. The van der Waals surface area contributed by atoms with Crippen molar-refractivity contribution in [2.75, 3.05) is 14.1 Å². The quantitative estimate of drug-likeness (QED) is 0.781. The molecule has 4 nitrogen and oxygen atoms in total. The minimum Gasteiger partial charge on any atom is -0.347 e. The molecule has 25 heavy (non-hydrogen) atoms. The summed E-state index contributed by atoms with van der Waals surface area (Å²) in [5, 5.41) is 0.575. The average Bonchev–Trinajstić information content (AvgIpc) is 3.04. The van der Waals surface area contributed by atoms with E-state index in [2.05, 4.69) is 9.98 Å². The van der Waals surface area contributed by atoms with Gasteiger partial charge in [-0.25, -0.2) is 9.98 Å². The molecule has 2 aliphatic rings. The lowest BCUT2D eigenvalue weighted by Gasteiger charge is -2.20. The SMILES string of the molecule is Cc1cccc(C2=C3N=C(N(C)C)N=C3c3ccccc3C2=O)c1Cl. The van der Waals surface area contributed by atoms with Crippen LogP contribution in [0.15, 0.2) is 58.1 Å². The summed E-state index contributed by atoms with van der Waals surface area (Å²) < 4.78 is 0. The van der Waals surface area contributed by atoms with Gasteiger partial charge >= 0.3 is 0 Å². The monoisotopic (exact) mass is 349 g/mol. The van der Waals surface area contributed by atoms with Gasteiger partial charge in [0.15, 0.2) is 5.78 Å². The first-order valence-electron chi connectivity index (χ1n) is 7.98. The Morgan fingerprint density at radius 3 is 2.32 bits per heavy atom. The van der Waals surface area contributed by atoms with Crippen LogP contribution in [-0.2, 0) is 0 Å². The van der Waals surface area contributed by atoms with E-state index in [1.165, 1.54) is 0 Å². The summed E-state index contributed by atoms with van der Waals surface area (Å²) in [6.07, 6.45) is 0. The third-order valence-corrected chi connectivity index (χ3v) is 4.90. The van der Waals surface area contributed by atoms with Gasteiger partial charge in [-0.3, -0.25) is 4.79 Å². The maximum Gasteiger partial charge on any atom is 0.226 e. The Morgan fingerprint density at radius 1 is 0.920 bits per heavy atom. The number of aryl methyl sites for hydroxylation is 1. The fourth-order valence-corrected chi connectivity index (χ4v) is 3.33. The number of benzene rings is 2. The third-order valence-electron chi connectivity index (χ3n) is 4.40. The van der Waals surface area contributed by atoms with E-state index in [1.54, 1.807) is 0 Å². The highest BCUT2D eigenvalue weighted by atomic mass is 35.5. The van der Waals surface area contributed by atoms with Gasteiger partial charge in [0.25, 0.3) is 0 Å². The van der Waals surface area contributed by atoms with Gasteiger partial charge in [-0.1, -0.05) is 54.1 Å². The largest absolute Gasteiger partial charge is 0.347 e. The van der Waals surface area contributed by atoms with Gasteiger partial charge in [0.2, 0.25) is 5.96 Å². The van der Waals surface area contributed by atoms with E-state index in [-0.39, 0.29) is 5.78 Å². The number of hydrogen-bond acceptors (Lipinski definition) is 4. The molecule has 4 rings (SSSR count). The van der Waals surface area contributed by atoms with Crippen LogP contribution in [0.5, 0.6) is 0 Å². The highest BCUT2D eigenvalue weighted by Crippen LogP contribution is 2.39. The standard InChI is InChI=1S/C20H16ClN3O/c1-11-7-6-10-14(16(11)21)15-18-17(22-20(23-18)24(2)3)12-8-4-5-9-13(12)19(15)25/h4-10H,1-3H3. The number of guanidine groups is 1. The summed E-state index contributed by atoms with van der Waals surface area (Å²) >= 11 is 6.52. The molecule has 1 aliphatic carbocycles. The molecule has 2 aromatic rings. The van der Waals surface area contributed by atoms with Gasteiger partial charge in [0, 0.05) is 30.8 Å². The maximum absolute atomic E-state index is 13.2. The van der Waals surface area contributed by atoms with Gasteiger partial charge in [-0.2, -0.15) is 0 Å². The van der Waals surface area contributed by atoms with Gasteiger partial charge in [-0.05, 0) is 12.5 Å². The van der Waals surface area contributed by atoms with E-state index in [0.717, 1.165) is 16.8 Å². The second-order valence-corrected chi connectivity index (χ2v) is 6.68. The van der Waals surface area contributed by atoms with E-state index in [4.69, 9.17) is 11.6 Å². The zero-order valence-electron chi connectivity index (χ0n) is 14.2. The van der Waals surface area contributed by atoms with Crippen LogP contribution in [0, 0.1) is 6.92 Å². The molecule has 0 saturated carbocycles. The Labute approximate surface area is 151 Å². The molecule has 0 fully saturated rings. The molecule has 124 valence electrons. The molecule has 0 aromatic heterocycles. The number of halogens is 1. The van der Waals surface area contributed by atoms with Crippen LogP contribution in [0.3, 0.4) is 0 Å². The van der Waals surface area contributed by atoms with Crippen LogP contribution in [-0.4, -0.2) is 36.4 Å². The number of rotatable bonds is 1. The van der Waals surface area contributed by atoms with Crippen LogP contribution >= 0.6 is 11.6 Å². The fraction of sp³-hybridized carbons (Fsp3) is 0.150. The highest BCUT2D eigenvalue weighted by Gasteiger charge is 2.35. The van der Waals surface area contributed by atoms with Gasteiger partial charge in [0.1, 0.15) is 11.4 Å². The van der Waals surface area contributed by atoms with Crippen molar-refractivity contribution in [1.29, 1.82) is 0 Å². The zero-order valence-corrected chi connectivity index (χ0v) is 14.9. The topological polar surface area (TPSA) is 45.0 Å². The number of hydrogen-bond donors (Lipinski definition) is 0. The molecular weight excluding hydrogens is 334 g/mol. The molecule has 1 heterocycles. The van der Waals surface area contributed by atoms with Gasteiger partial charge in [0.05, 0.1) is 10.6 Å².